The zero-order valence-corrected chi connectivity index (χ0v) is 19.2. The Labute approximate surface area is 193 Å². The van der Waals surface area contributed by atoms with Gasteiger partial charge in [0.05, 0.1) is 5.56 Å². The molecule has 0 bridgehead atoms. The zero-order valence-electron chi connectivity index (χ0n) is 18.4. The van der Waals surface area contributed by atoms with Crippen LogP contribution in [0.5, 0.6) is 5.75 Å². The van der Waals surface area contributed by atoms with Gasteiger partial charge in [-0.1, -0.05) is 31.2 Å². The Kier molecular flexibility index (Phi) is 5.53. The van der Waals surface area contributed by atoms with Crippen LogP contribution in [-0.4, -0.2) is 20.2 Å². The Morgan fingerprint density at radius 3 is 2.61 bits per heavy atom. The summed E-state index contributed by atoms with van der Waals surface area (Å²) in [6.07, 6.45) is 5.32. The smallest absolute Gasteiger partial charge is 0.359 e. The van der Waals surface area contributed by atoms with E-state index in [0.29, 0.717) is 30.0 Å². The molecule has 0 spiro atoms. The van der Waals surface area contributed by atoms with Crippen molar-refractivity contribution in [3.8, 4) is 5.75 Å². The van der Waals surface area contributed by atoms with Gasteiger partial charge in [-0.15, -0.1) is 0 Å². The number of hydrogen-bond acceptors (Lipinski definition) is 7. The van der Waals surface area contributed by atoms with Crippen molar-refractivity contribution in [2.75, 3.05) is 0 Å². The van der Waals surface area contributed by atoms with Crippen LogP contribution in [0.2, 0.25) is 0 Å². The third kappa shape index (κ3) is 4.06. The summed E-state index contributed by atoms with van der Waals surface area (Å²) in [6, 6.07) is 13.2. The van der Waals surface area contributed by atoms with Gasteiger partial charge in [0.25, 0.3) is 0 Å². The molecule has 2 fully saturated rings. The molecule has 0 aromatic heterocycles. The lowest BCUT2D eigenvalue weighted by molar-refractivity contribution is -0.150. The first-order valence-electron chi connectivity index (χ1n) is 11.3. The van der Waals surface area contributed by atoms with Gasteiger partial charge < -0.3 is 4.18 Å². The van der Waals surface area contributed by atoms with Gasteiger partial charge in [-0.2, -0.15) is 8.42 Å². The molecule has 0 heterocycles. The molecular formula is C25H26O7S. The number of hydrogen-bond donors (Lipinski definition) is 0. The van der Waals surface area contributed by atoms with Gasteiger partial charge in [0.1, 0.15) is 11.5 Å². The van der Waals surface area contributed by atoms with Crippen molar-refractivity contribution in [1.29, 1.82) is 0 Å². The van der Waals surface area contributed by atoms with E-state index in [1.54, 1.807) is 30.3 Å². The summed E-state index contributed by atoms with van der Waals surface area (Å²) < 4.78 is 33.7. The standard InChI is InChI=1S/C25H26O7S/c1-25-14-13-20-19-10-8-18(15-17(19)7-9-21(20)22(25)11-12-23(25)26)31-33(28,29)32-30-24(27)16-5-3-2-4-6-16/h2-6,8,10,15,20-22H,7,9,11-14H2,1H3/t20?,21?,22?,25-/m0/s1. The largest absolute Gasteiger partial charge is 0.485 e. The highest BCUT2D eigenvalue weighted by Crippen LogP contribution is 2.59. The predicted molar refractivity (Wildman–Crippen MR) is 119 cm³/mol. The molecule has 2 aromatic rings. The van der Waals surface area contributed by atoms with Crippen molar-refractivity contribution in [2.45, 2.75) is 51.4 Å². The Morgan fingerprint density at radius 1 is 1.03 bits per heavy atom. The lowest BCUT2D eigenvalue weighted by atomic mass is 9.55. The number of ketones is 1. The van der Waals surface area contributed by atoms with Gasteiger partial charge in [0.2, 0.25) is 0 Å². The third-order valence-electron chi connectivity index (χ3n) is 7.81. The number of rotatable bonds is 5. The van der Waals surface area contributed by atoms with E-state index in [1.165, 1.54) is 17.7 Å². The lowest BCUT2D eigenvalue weighted by Crippen LogP contribution is -2.42. The molecule has 0 N–H and O–H groups in total. The topological polar surface area (TPSA) is 96.0 Å². The van der Waals surface area contributed by atoms with Crippen molar-refractivity contribution in [1.82, 2.24) is 0 Å². The van der Waals surface area contributed by atoms with E-state index in [0.717, 1.165) is 37.7 Å². The highest BCUT2D eigenvalue weighted by Gasteiger charge is 2.54. The molecule has 33 heavy (non-hydrogen) atoms. The highest BCUT2D eigenvalue weighted by molar-refractivity contribution is 7.82. The molecular weight excluding hydrogens is 444 g/mol. The van der Waals surface area contributed by atoms with Gasteiger partial charge in [-0.25, -0.2) is 4.79 Å². The molecule has 2 aromatic carbocycles. The van der Waals surface area contributed by atoms with Gasteiger partial charge >= 0.3 is 16.4 Å². The summed E-state index contributed by atoms with van der Waals surface area (Å²) in [5.41, 5.74) is 2.25. The average Bonchev–Trinajstić information content (AvgIpc) is 3.12. The monoisotopic (exact) mass is 470 g/mol. The fourth-order valence-corrected chi connectivity index (χ4v) is 6.72. The van der Waals surface area contributed by atoms with Crippen LogP contribution < -0.4 is 4.18 Å². The van der Waals surface area contributed by atoms with Crippen LogP contribution >= 0.6 is 0 Å². The molecule has 0 radical (unpaired) electrons. The van der Waals surface area contributed by atoms with Crippen molar-refractivity contribution in [3.05, 3.63) is 65.2 Å². The summed E-state index contributed by atoms with van der Waals surface area (Å²) in [7, 11) is -4.59. The fourth-order valence-electron chi connectivity index (χ4n) is 6.21. The van der Waals surface area contributed by atoms with Crippen LogP contribution in [0.3, 0.4) is 0 Å². The van der Waals surface area contributed by atoms with Gasteiger partial charge in [0.15, 0.2) is 0 Å². The van der Waals surface area contributed by atoms with Crippen molar-refractivity contribution in [2.24, 2.45) is 17.3 Å². The van der Waals surface area contributed by atoms with Crippen LogP contribution in [0.15, 0.2) is 48.5 Å². The summed E-state index contributed by atoms with van der Waals surface area (Å²) >= 11 is 0. The quantitative estimate of drug-likeness (QED) is 0.468. The van der Waals surface area contributed by atoms with E-state index in [9.17, 15) is 18.0 Å². The van der Waals surface area contributed by atoms with E-state index < -0.39 is 16.4 Å². The van der Waals surface area contributed by atoms with E-state index in [-0.39, 0.29) is 16.7 Å². The van der Waals surface area contributed by atoms with Gasteiger partial charge in [0, 0.05) is 11.8 Å². The summed E-state index contributed by atoms with van der Waals surface area (Å²) in [5, 5.41) is 0. The second-order valence-corrected chi connectivity index (χ2v) is 10.6. The number of carbonyl (C=O) groups excluding carboxylic acids is 2. The van der Waals surface area contributed by atoms with Crippen LogP contribution in [0.1, 0.15) is 66.4 Å². The molecule has 3 aliphatic rings. The first-order chi connectivity index (χ1) is 15.8. The third-order valence-corrected chi connectivity index (χ3v) is 8.44. The molecule has 0 aliphatic heterocycles. The first kappa shape index (κ1) is 22.1. The van der Waals surface area contributed by atoms with Gasteiger partial charge in [-0.3, -0.25) is 9.68 Å². The Balaban J connectivity index is 1.27. The molecule has 2 saturated carbocycles. The normalized spacial score (nSPS) is 28.4. The first-order valence-corrected chi connectivity index (χ1v) is 12.7. The SMILES string of the molecule is C[C@]12CCC3c4ccc(OS(=O)(=O)OOC(=O)c5ccccc5)cc4CCC3C1CCC2=O. The van der Waals surface area contributed by atoms with Crippen LogP contribution in [0, 0.1) is 17.3 Å². The Hall–Kier alpha value is -2.71. The summed E-state index contributed by atoms with van der Waals surface area (Å²) in [6.45, 7) is 2.14. The van der Waals surface area contributed by atoms with Crippen LogP contribution in [0.4, 0.5) is 0 Å². The molecule has 7 nitrogen and oxygen atoms in total. The maximum Gasteiger partial charge on any atom is 0.485 e. The minimum atomic E-state index is -4.59. The molecule has 5 rings (SSSR count). The van der Waals surface area contributed by atoms with E-state index in [1.807, 2.05) is 6.07 Å². The van der Waals surface area contributed by atoms with E-state index in [4.69, 9.17) is 4.18 Å². The van der Waals surface area contributed by atoms with E-state index >= 15 is 0 Å². The summed E-state index contributed by atoms with van der Waals surface area (Å²) in [4.78, 5) is 28.8. The van der Waals surface area contributed by atoms with Crippen molar-refractivity contribution < 1.29 is 31.4 Å². The average molecular weight is 471 g/mol. The molecule has 3 aliphatic carbocycles. The maximum atomic E-state index is 12.5. The highest BCUT2D eigenvalue weighted by atomic mass is 32.3. The number of carbonyl (C=O) groups is 2. The molecule has 4 atom stereocenters. The number of fused-ring (bicyclic) bond motifs is 5. The molecule has 174 valence electrons. The zero-order chi connectivity index (χ0) is 23.2. The minimum Gasteiger partial charge on any atom is -0.359 e. The molecule has 0 amide bonds. The molecule has 8 heteroatoms. The summed E-state index contributed by atoms with van der Waals surface area (Å²) in [5.74, 6) is 0.888. The number of benzene rings is 2. The maximum absolute atomic E-state index is 12.5. The van der Waals surface area contributed by atoms with Crippen molar-refractivity contribution >= 4 is 22.2 Å². The Bertz CT molecular complexity index is 1190. The predicted octanol–water partition coefficient (Wildman–Crippen LogP) is 4.52. The lowest BCUT2D eigenvalue weighted by Gasteiger charge is -2.48. The fraction of sp³-hybridized carbons (Fsp3) is 0.440. The second-order valence-electron chi connectivity index (χ2n) is 9.49. The van der Waals surface area contributed by atoms with Crippen molar-refractivity contribution in [3.63, 3.8) is 0 Å². The van der Waals surface area contributed by atoms with Crippen LogP contribution in [-0.2, 0) is 30.8 Å². The number of aryl methyl sites for hydroxylation is 1. The minimum absolute atomic E-state index is 0.111. The van der Waals surface area contributed by atoms with Crippen LogP contribution in [0.25, 0.3) is 0 Å². The second kappa shape index (κ2) is 8.25. The van der Waals surface area contributed by atoms with E-state index in [2.05, 4.69) is 16.1 Å². The molecule has 0 saturated heterocycles. The number of Topliss-reactive ketones (excluding diaryl/α,β-unsaturated/α-hetero) is 1. The molecule has 3 unspecified atom stereocenters. The van der Waals surface area contributed by atoms with Gasteiger partial charge in [-0.05, 0) is 89.6 Å². The Morgan fingerprint density at radius 2 is 1.82 bits per heavy atom.